The minimum atomic E-state index is -0.454. The lowest BCUT2D eigenvalue weighted by Crippen LogP contribution is -2.49. The Morgan fingerprint density at radius 1 is 1.13 bits per heavy atom. The minimum Gasteiger partial charge on any atom is -0.369 e. The molecule has 2 aliphatic rings. The quantitative estimate of drug-likeness (QED) is 0.795. The van der Waals surface area contributed by atoms with Crippen LogP contribution in [0.15, 0.2) is 18.2 Å². The number of carbonyl (C=O) groups is 2. The van der Waals surface area contributed by atoms with E-state index in [1.807, 2.05) is 38.7 Å². The number of benzene rings is 1. The Morgan fingerprint density at radius 2 is 1.81 bits per heavy atom. The molecule has 2 saturated heterocycles. The lowest BCUT2D eigenvalue weighted by atomic mass is 9.90. The van der Waals surface area contributed by atoms with Gasteiger partial charge < -0.3 is 20.0 Å². The predicted octanol–water partition coefficient (Wildman–Crippen LogP) is 3.04. The average molecular weight is 433 g/mol. The van der Waals surface area contributed by atoms with Gasteiger partial charge in [-0.1, -0.05) is 20.8 Å². The van der Waals surface area contributed by atoms with Gasteiger partial charge >= 0.3 is 0 Å². The molecule has 0 radical (unpaired) electrons. The van der Waals surface area contributed by atoms with Gasteiger partial charge in [0, 0.05) is 55.9 Å². The molecule has 2 amide bonds. The van der Waals surface area contributed by atoms with E-state index in [9.17, 15) is 14.0 Å². The summed E-state index contributed by atoms with van der Waals surface area (Å²) in [6.45, 7) is 12.4. The summed E-state index contributed by atoms with van der Waals surface area (Å²) in [6.07, 6.45) is 1.59. The van der Waals surface area contributed by atoms with Gasteiger partial charge in [0.2, 0.25) is 11.8 Å². The van der Waals surface area contributed by atoms with Crippen molar-refractivity contribution >= 4 is 17.5 Å². The van der Waals surface area contributed by atoms with Gasteiger partial charge in [-0.05, 0) is 45.0 Å². The SMILES string of the molecule is CC(NC(=O)C1CCCN(C(=O)C(C)(C)C)C1)c1cc(F)ccc1N1CCN(C)CC1. The number of rotatable bonds is 4. The smallest absolute Gasteiger partial charge is 0.227 e. The van der Waals surface area contributed by atoms with Crippen molar-refractivity contribution in [1.82, 2.24) is 15.1 Å². The van der Waals surface area contributed by atoms with Gasteiger partial charge in [-0.2, -0.15) is 0 Å². The monoisotopic (exact) mass is 432 g/mol. The molecule has 0 aliphatic carbocycles. The van der Waals surface area contributed by atoms with Crippen molar-refractivity contribution in [2.45, 2.75) is 46.6 Å². The molecule has 2 heterocycles. The van der Waals surface area contributed by atoms with Gasteiger partial charge in [-0.3, -0.25) is 9.59 Å². The van der Waals surface area contributed by atoms with E-state index >= 15 is 0 Å². The van der Waals surface area contributed by atoms with Gasteiger partial charge in [-0.25, -0.2) is 4.39 Å². The van der Waals surface area contributed by atoms with Crippen molar-refractivity contribution in [1.29, 1.82) is 0 Å². The molecule has 172 valence electrons. The Balaban J connectivity index is 1.69. The van der Waals surface area contributed by atoms with E-state index in [2.05, 4.69) is 22.2 Å². The first-order valence-corrected chi connectivity index (χ1v) is 11.4. The van der Waals surface area contributed by atoms with Crippen LogP contribution in [0.4, 0.5) is 10.1 Å². The van der Waals surface area contributed by atoms with E-state index in [1.165, 1.54) is 12.1 Å². The molecular formula is C24H37FN4O2. The highest BCUT2D eigenvalue weighted by Gasteiger charge is 2.34. The third kappa shape index (κ3) is 5.76. The molecule has 0 aromatic heterocycles. The topological polar surface area (TPSA) is 55.9 Å². The van der Waals surface area contributed by atoms with Crippen molar-refractivity contribution in [3.63, 3.8) is 0 Å². The van der Waals surface area contributed by atoms with Crippen molar-refractivity contribution in [2.24, 2.45) is 11.3 Å². The van der Waals surface area contributed by atoms with Crippen LogP contribution in [0.25, 0.3) is 0 Å². The second-order valence-corrected chi connectivity index (χ2v) is 10.1. The molecule has 2 atom stereocenters. The first kappa shape index (κ1) is 23.5. The maximum absolute atomic E-state index is 14.1. The number of piperazine rings is 1. The highest BCUT2D eigenvalue weighted by atomic mass is 19.1. The average Bonchev–Trinajstić information content (AvgIpc) is 2.73. The number of carbonyl (C=O) groups excluding carboxylic acids is 2. The fourth-order valence-electron chi connectivity index (χ4n) is 4.47. The van der Waals surface area contributed by atoms with Crippen LogP contribution in [-0.2, 0) is 9.59 Å². The van der Waals surface area contributed by atoms with Crippen LogP contribution in [0.2, 0.25) is 0 Å². The number of nitrogens with zero attached hydrogens (tertiary/aromatic N) is 3. The van der Waals surface area contributed by atoms with Gasteiger partial charge in [0.05, 0.1) is 12.0 Å². The zero-order valence-electron chi connectivity index (χ0n) is 19.6. The maximum atomic E-state index is 14.1. The summed E-state index contributed by atoms with van der Waals surface area (Å²) in [6, 6.07) is 4.53. The van der Waals surface area contributed by atoms with Crippen LogP contribution in [0.5, 0.6) is 0 Å². The molecular weight excluding hydrogens is 395 g/mol. The molecule has 7 heteroatoms. The summed E-state index contributed by atoms with van der Waals surface area (Å²) in [5.41, 5.74) is 1.33. The summed E-state index contributed by atoms with van der Waals surface area (Å²) in [5.74, 6) is -0.509. The van der Waals surface area contributed by atoms with Crippen LogP contribution < -0.4 is 10.2 Å². The van der Waals surface area contributed by atoms with Crippen molar-refractivity contribution in [2.75, 3.05) is 51.2 Å². The lowest BCUT2D eigenvalue weighted by Gasteiger charge is -2.37. The normalized spacial score (nSPS) is 21.7. The lowest BCUT2D eigenvalue weighted by molar-refractivity contribution is -0.142. The van der Waals surface area contributed by atoms with Crippen LogP contribution >= 0.6 is 0 Å². The number of anilines is 1. The summed E-state index contributed by atoms with van der Waals surface area (Å²) < 4.78 is 14.1. The van der Waals surface area contributed by atoms with Gasteiger partial charge in [-0.15, -0.1) is 0 Å². The first-order valence-electron chi connectivity index (χ1n) is 11.4. The summed E-state index contributed by atoms with van der Waals surface area (Å²) in [4.78, 5) is 32.1. The molecule has 1 N–H and O–H groups in total. The number of amides is 2. The summed E-state index contributed by atoms with van der Waals surface area (Å²) in [7, 11) is 2.10. The molecule has 2 fully saturated rings. The first-order chi connectivity index (χ1) is 14.6. The molecule has 2 unspecified atom stereocenters. The van der Waals surface area contributed by atoms with Gasteiger partial charge in [0.1, 0.15) is 5.82 Å². The zero-order valence-corrected chi connectivity index (χ0v) is 19.6. The molecule has 0 saturated carbocycles. The number of nitrogens with one attached hydrogen (secondary N) is 1. The Labute approximate surface area is 185 Å². The van der Waals surface area contributed by atoms with E-state index in [0.29, 0.717) is 13.1 Å². The number of halogens is 1. The van der Waals surface area contributed by atoms with Crippen molar-refractivity contribution < 1.29 is 14.0 Å². The van der Waals surface area contributed by atoms with E-state index in [4.69, 9.17) is 0 Å². The Morgan fingerprint density at radius 3 is 2.45 bits per heavy atom. The standard InChI is InChI=1S/C24H37FN4O2/c1-17(20-15-19(25)8-9-21(20)28-13-11-27(5)12-14-28)26-22(30)18-7-6-10-29(16-18)23(31)24(2,3)4/h8-9,15,17-18H,6-7,10-14,16H2,1-5H3,(H,26,30). The fraction of sp³-hybridized carbons (Fsp3) is 0.667. The molecule has 0 bridgehead atoms. The molecule has 3 rings (SSSR count). The summed E-state index contributed by atoms with van der Waals surface area (Å²) >= 11 is 0. The minimum absolute atomic E-state index is 0.0625. The Kier molecular flexibility index (Phi) is 7.24. The predicted molar refractivity (Wildman–Crippen MR) is 121 cm³/mol. The van der Waals surface area contributed by atoms with Crippen LogP contribution in [0.1, 0.15) is 52.1 Å². The van der Waals surface area contributed by atoms with Gasteiger partial charge in [0.25, 0.3) is 0 Å². The number of likely N-dealkylation sites (tertiary alicyclic amines) is 1. The molecule has 6 nitrogen and oxygen atoms in total. The maximum Gasteiger partial charge on any atom is 0.227 e. The van der Waals surface area contributed by atoms with Crippen molar-refractivity contribution in [3.05, 3.63) is 29.6 Å². The molecule has 1 aromatic rings. The number of hydrogen-bond donors (Lipinski definition) is 1. The van der Waals surface area contributed by atoms with Crippen LogP contribution in [0.3, 0.4) is 0 Å². The Hall–Kier alpha value is -2.15. The fourth-order valence-corrected chi connectivity index (χ4v) is 4.47. The van der Waals surface area contributed by atoms with E-state index < -0.39 is 5.41 Å². The summed E-state index contributed by atoms with van der Waals surface area (Å²) in [5, 5.41) is 3.10. The number of likely N-dealkylation sites (N-methyl/N-ethyl adjacent to an activating group) is 1. The molecule has 0 spiro atoms. The zero-order chi connectivity index (χ0) is 22.8. The van der Waals surface area contributed by atoms with Crippen molar-refractivity contribution in [3.8, 4) is 0 Å². The van der Waals surface area contributed by atoms with Crippen LogP contribution in [-0.4, -0.2) is 67.9 Å². The molecule has 31 heavy (non-hydrogen) atoms. The highest BCUT2D eigenvalue weighted by Crippen LogP contribution is 2.29. The second kappa shape index (κ2) is 9.55. The largest absolute Gasteiger partial charge is 0.369 e. The number of hydrogen-bond acceptors (Lipinski definition) is 4. The van der Waals surface area contributed by atoms with Gasteiger partial charge in [0.15, 0.2) is 0 Å². The molecule has 2 aliphatic heterocycles. The third-order valence-corrected chi connectivity index (χ3v) is 6.38. The van der Waals surface area contributed by atoms with E-state index in [1.54, 1.807) is 0 Å². The molecule has 1 aromatic carbocycles. The second-order valence-electron chi connectivity index (χ2n) is 10.1. The van der Waals surface area contributed by atoms with E-state index in [-0.39, 0.29) is 29.6 Å². The number of piperidine rings is 1. The van der Waals surface area contributed by atoms with E-state index in [0.717, 1.165) is 50.3 Å². The third-order valence-electron chi connectivity index (χ3n) is 6.38. The highest BCUT2D eigenvalue weighted by molar-refractivity contribution is 5.84. The Bertz CT molecular complexity index is 799. The van der Waals surface area contributed by atoms with Crippen LogP contribution in [0, 0.1) is 17.2 Å².